The minimum Gasteiger partial charge on any atom is -0.481 e. The van der Waals surface area contributed by atoms with Gasteiger partial charge in [0.05, 0.1) is 0 Å². The monoisotopic (exact) mass is 197 g/mol. The molecular weight excluding hydrogens is 182 g/mol. The number of nitrogens with zero attached hydrogens (tertiary/aromatic N) is 1. The Bertz CT molecular complexity index is 122. The maximum absolute atomic E-state index is 9.87. The van der Waals surface area contributed by atoms with Gasteiger partial charge in [-0.05, 0) is 28.1 Å². The maximum Gasteiger partial charge on any atom is 0.310 e. The predicted molar refractivity (Wildman–Crippen MR) is 49.8 cm³/mol. The zero-order valence-electron chi connectivity index (χ0n) is 7.83. The first-order valence-electron chi connectivity index (χ1n) is 3.18. The van der Waals surface area contributed by atoms with Crippen LogP contribution in [0, 0.1) is 0 Å². The number of carboxylic acid groups (broad SMARTS) is 1. The molecule has 0 aliphatic carbocycles. The SMILES string of the molecule is CC(=O)CC(=O)O.CN(C)C.Cl. The van der Waals surface area contributed by atoms with E-state index in [-0.39, 0.29) is 24.6 Å². The van der Waals surface area contributed by atoms with E-state index in [1.807, 2.05) is 26.0 Å². The lowest BCUT2D eigenvalue weighted by Gasteiger charge is -1.90. The van der Waals surface area contributed by atoms with Gasteiger partial charge in [0.2, 0.25) is 0 Å². The third-order valence-electron chi connectivity index (χ3n) is 0.400. The number of Topliss-reactive ketones (excluding diaryl/α,β-unsaturated/α-hetero) is 1. The van der Waals surface area contributed by atoms with Crippen molar-refractivity contribution in [1.29, 1.82) is 0 Å². The van der Waals surface area contributed by atoms with Gasteiger partial charge < -0.3 is 10.0 Å². The number of hydrogen-bond acceptors (Lipinski definition) is 3. The third kappa shape index (κ3) is 57.5. The van der Waals surface area contributed by atoms with Gasteiger partial charge in [-0.1, -0.05) is 0 Å². The summed E-state index contributed by atoms with van der Waals surface area (Å²) >= 11 is 0. The summed E-state index contributed by atoms with van der Waals surface area (Å²) in [6.45, 7) is 1.24. The summed E-state index contributed by atoms with van der Waals surface area (Å²) in [6.07, 6.45) is -0.361. The Morgan fingerprint density at radius 2 is 1.50 bits per heavy atom. The molecule has 0 saturated heterocycles. The van der Waals surface area contributed by atoms with E-state index in [9.17, 15) is 9.59 Å². The quantitative estimate of drug-likeness (QED) is 0.661. The van der Waals surface area contributed by atoms with Crippen LogP contribution >= 0.6 is 12.4 Å². The van der Waals surface area contributed by atoms with Crippen LogP contribution in [-0.2, 0) is 9.59 Å². The Hall–Kier alpha value is -0.610. The first-order chi connectivity index (χ1) is 4.86. The lowest BCUT2D eigenvalue weighted by molar-refractivity contribution is -0.139. The van der Waals surface area contributed by atoms with Crippen molar-refractivity contribution in [1.82, 2.24) is 4.90 Å². The van der Waals surface area contributed by atoms with E-state index < -0.39 is 5.97 Å². The van der Waals surface area contributed by atoms with Crippen LogP contribution in [0.5, 0.6) is 0 Å². The molecule has 0 spiro atoms. The molecule has 0 rings (SSSR count). The van der Waals surface area contributed by atoms with Gasteiger partial charge in [0.25, 0.3) is 0 Å². The fourth-order valence-electron chi connectivity index (χ4n) is 0.213. The average molecular weight is 198 g/mol. The molecule has 0 radical (unpaired) electrons. The molecule has 0 saturated carbocycles. The normalized spacial score (nSPS) is 7.75. The number of ketones is 1. The van der Waals surface area contributed by atoms with E-state index in [4.69, 9.17) is 5.11 Å². The molecule has 0 amide bonds. The van der Waals surface area contributed by atoms with Crippen molar-refractivity contribution in [2.45, 2.75) is 13.3 Å². The molecule has 0 heterocycles. The largest absolute Gasteiger partial charge is 0.481 e. The van der Waals surface area contributed by atoms with E-state index in [1.54, 1.807) is 0 Å². The van der Waals surface area contributed by atoms with Gasteiger partial charge in [-0.2, -0.15) is 0 Å². The second-order valence-corrected chi connectivity index (χ2v) is 2.61. The van der Waals surface area contributed by atoms with Crippen LogP contribution in [0.4, 0.5) is 0 Å². The molecule has 0 aromatic rings. The second-order valence-electron chi connectivity index (χ2n) is 2.61. The first-order valence-corrected chi connectivity index (χ1v) is 3.18. The van der Waals surface area contributed by atoms with Crippen LogP contribution in [0.1, 0.15) is 13.3 Å². The van der Waals surface area contributed by atoms with Crippen molar-refractivity contribution < 1.29 is 14.7 Å². The molecule has 0 unspecified atom stereocenters. The molecule has 0 aromatic carbocycles. The molecule has 4 nitrogen and oxygen atoms in total. The number of halogens is 1. The minimum atomic E-state index is -1.06. The Labute approximate surface area is 79.0 Å². The van der Waals surface area contributed by atoms with Gasteiger partial charge in [-0.25, -0.2) is 0 Å². The summed E-state index contributed by atoms with van der Waals surface area (Å²) in [4.78, 5) is 21.5. The third-order valence-corrected chi connectivity index (χ3v) is 0.400. The lowest BCUT2D eigenvalue weighted by Crippen LogP contribution is -2.00. The number of carboxylic acids is 1. The van der Waals surface area contributed by atoms with E-state index in [1.165, 1.54) is 6.92 Å². The Kier molecular flexibility index (Phi) is 15.1. The van der Waals surface area contributed by atoms with Gasteiger partial charge in [0, 0.05) is 0 Å². The molecule has 1 N–H and O–H groups in total. The fraction of sp³-hybridized carbons (Fsp3) is 0.714. The highest BCUT2D eigenvalue weighted by Gasteiger charge is 1.98. The van der Waals surface area contributed by atoms with Crippen molar-refractivity contribution >= 4 is 24.2 Å². The standard InChI is InChI=1S/C4H6O3.C3H9N.ClH/c1-3(5)2-4(6)7;1-4(2)3;/h2H2,1H3,(H,6,7);1-3H3;1H. The van der Waals surface area contributed by atoms with E-state index >= 15 is 0 Å². The van der Waals surface area contributed by atoms with Crippen LogP contribution in [0.3, 0.4) is 0 Å². The van der Waals surface area contributed by atoms with Crippen LogP contribution in [0.2, 0.25) is 0 Å². The molecule has 0 aromatic heterocycles. The van der Waals surface area contributed by atoms with Crippen molar-refractivity contribution in [3.05, 3.63) is 0 Å². The van der Waals surface area contributed by atoms with Crippen molar-refractivity contribution in [3.8, 4) is 0 Å². The molecule has 0 atom stereocenters. The van der Waals surface area contributed by atoms with E-state index in [0.717, 1.165) is 0 Å². The van der Waals surface area contributed by atoms with Crippen molar-refractivity contribution in [2.24, 2.45) is 0 Å². The average Bonchev–Trinajstić information content (AvgIpc) is 1.56. The van der Waals surface area contributed by atoms with Gasteiger partial charge in [-0.3, -0.25) is 9.59 Å². The summed E-state index contributed by atoms with van der Waals surface area (Å²) < 4.78 is 0. The van der Waals surface area contributed by atoms with Gasteiger partial charge in [0.15, 0.2) is 0 Å². The topological polar surface area (TPSA) is 57.6 Å². The molecule has 12 heavy (non-hydrogen) atoms. The number of carbonyl (C=O) groups excluding carboxylic acids is 1. The molecule has 0 fully saturated rings. The minimum absolute atomic E-state index is 0. The molecule has 0 aliphatic heterocycles. The fourth-order valence-corrected chi connectivity index (χ4v) is 0.213. The lowest BCUT2D eigenvalue weighted by atomic mass is 10.3. The molecule has 74 valence electrons. The Morgan fingerprint density at radius 1 is 1.25 bits per heavy atom. The van der Waals surface area contributed by atoms with Crippen molar-refractivity contribution in [2.75, 3.05) is 21.1 Å². The van der Waals surface area contributed by atoms with Gasteiger partial charge >= 0.3 is 5.97 Å². The summed E-state index contributed by atoms with van der Waals surface area (Å²) in [7, 11) is 6.00. The van der Waals surface area contributed by atoms with Crippen LogP contribution < -0.4 is 0 Å². The number of hydrogen-bond donors (Lipinski definition) is 1. The predicted octanol–water partition coefficient (Wildman–Crippen LogP) is 0.650. The van der Waals surface area contributed by atoms with Gasteiger partial charge in [-0.15, -0.1) is 12.4 Å². The Morgan fingerprint density at radius 3 is 1.50 bits per heavy atom. The number of carbonyl (C=O) groups is 2. The molecule has 0 aliphatic rings. The summed E-state index contributed by atoms with van der Waals surface area (Å²) in [5, 5.41) is 7.86. The highest BCUT2D eigenvalue weighted by atomic mass is 35.5. The highest BCUT2D eigenvalue weighted by molar-refractivity contribution is 5.93. The highest BCUT2D eigenvalue weighted by Crippen LogP contribution is 1.77. The molecular formula is C7H16ClNO3. The van der Waals surface area contributed by atoms with Gasteiger partial charge in [0.1, 0.15) is 12.2 Å². The van der Waals surface area contributed by atoms with Crippen molar-refractivity contribution in [3.63, 3.8) is 0 Å². The second kappa shape index (κ2) is 10.4. The summed E-state index contributed by atoms with van der Waals surface area (Å²) in [6, 6.07) is 0. The zero-order valence-corrected chi connectivity index (χ0v) is 8.64. The van der Waals surface area contributed by atoms with Crippen LogP contribution in [0.15, 0.2) is 0 Å². The number of aliphatic carboxylic acids is 1. The summed E-state index contributed by atoms with van der Waals surface area (Å²) in [5.74, 6) is -1.37. The van der Waals surface area contributed by atoms with E-state index in [0.29, 0.717) is 0 Å². The van der Waals surface area contributed by atoms with Crippen LogP contribution in [-0.4, -0.2) is 42.9 Å². The zero-order chi connectivity index (χ0) is 9.44. The number of rotatable bonds is 2. The molecule has 0 bridgehead atoms. The summed E-state index contributed by atoms with van der Waals surface area (Å²) in [5.41, 5.74) is 0. The van der Waals surface area contributed by atoms with Crippen LogP contribution in [0.25, 0.3) is 0 Å². The Balaban J connectivity index is -0.000000142. The first kappa shape index (κ1) is 17.5. The maximum atomic E-state index is 9.87. The van der Waals surface area contributed by atoms with E-state index in [2.05, 4.69) is 0 Å². The molecule has 5 heteroatoms. The smallest absolute Gasteiger partial charge is 0.310 e.